The van der Waals surface area contributed by atoms with Gasteiger partial charge in [0, 0.05) is 50.0 Å². The van der Waals surface area contributed by atoms with E-state index in [0.717, 1.165) is 83.9 Å². The molecule has 0 radical (unpaired) electrons. The summed E-state index contributed by atoms with van der Waals surface area (Å²) in [6.45, 7) is 0. The molecule has 0 spiro atoms. The van der Waals surface area contributed by atoms with Gasteiger partial charge in [0.25, 0.3) is 0 Å². The Hall–Kier alpha value is -12.0. The largest absolute Gasteiger partial charge is 0.455 e. The molecule has 17 aromatic carbocycles. The average Bonchev–Trinajstić information content (AvgIpc) is 1.85. The molecule has 3 nitrogen and oxygen atoms in total. The molecule has 0 saturated heterocycles. The molecule has 0 bridgehead atoms. The second-order valence-electron chi connectivity index (χ2n) is 23.9. The second-order valence-corrected chi connectivity index (χ2v) is 23.9. The molecule has 0 unspecified atom stereocenters. The molecule has 424 valence electrons. The molecule has 3 heteroatoms. The van der Waals surface area contributed by atoms with Crippen LogP contribution in [0.2, 0.25) is 0 Å². The predicted octanol–water partition coefficient (Wildman–Crippen LogP) is 25.3. The second kappa shape index (κ2) is 21.4. The molecule has 91 heavy (non-hydrogen) atoms. The number of furan rings is 1. The van der Waals surface area contributed by atoms with Gasteiger partial charge in [-0.2, -0.15) is 0 Å². The van der Waals surface area contributed by atoms with Gasteiger partial charge >= 0.3 is 0 Å². The Morgan fingerprint density at radius 2 is 0.648 bits per heavy atom. The highest BCUT2D eigenvalue weighted by Gasteiger charge is 2.23. The molecular formula is C88H56N2O. The Kier molecular flexibility index (Phi) is 12.2. The van der Waals surface area contributed by atoms with Crippen LogP contribution in [0, 0.1) is 0 Å². The molecule has 0 atom stereocenters. The lowest BCUT2D eigenvalue weighted by Crippen LogP contribution is -2.12. The van der Waals surface area contributed by atoms with E-state index in [1.54, 1.807) is 0 Å². The van der Waals surface area contributed by atoms with Crippen molar-refractivity contribution in [2.24, 2.45) is 0 Å². The van der Waals surface area contributed by atoms with E-state index in [2.05, 4.69) is 350 Å². The summed E-state index contributed by atoms with van der Waals surface area (Å²) in [6.07, 6.45) is 0. The first-order valence-electron chi connectivity index (χ1n) is 31.3. The van der Waals surface area contributed by atoms with Crippen LogP contribution in [0.15, 0.2) is 344 Å². The van der Waals surface area contributed by atoms with Crippen LogP contribution in [-0.2, 0) is 0 Å². The normalized spacial score (nSPS) is 11.7. The zero-order chi connectivity index (χ0) is 59.9. The van der Waals surface area contributed by atoms with Crippen LogP contribution in [-0.4, -0.2) is 0 Å². The van der Waals surface area contributed by atoms with Crippen LogP contribution in [0.5, 0.6) is 0 Å². The van der Waals surface area contributed by atoms with Gasteiger partial charge < -0.3 is 14.2 Å². The molecule has 0 saturated carbocycles. The van der Waals surface area contributed by atoms with Gasteiger partial charge in [-0.3, -0.25) is 0 Å². The Labute approximate surface area is 526 Å². The topological polar surface area (TPSA) is 19.6 Å². The van der Waals surface area contributed by atoms with Crippen molar-refractivity contribution >= 4 is 131 Å². The molecule has 0 N–H and O–H groups in total. The molecule has 0 aliphatic carbocycles. The van der Waals surface area contributed by atoms with E-state index < -0.39 is 0 Å². The highest BCUT2D eigenvalue weighted by Crippen LogP contribution is 2.48. The van der Waals surface area contributed by atoms with Crippen LogP contribution in [0.25, 0.3) is 142 Å². The van der Waals surface area contributed by atoms with Crippen molar-refractivity contribution in [3.8, 4) is 44.5 Å². The molecule has 0 aliphatic heterocycles. The SMILES string of the molecule is c1ccc(-c2ccc3c(ccc4cc(N(c5ccc(-c6ccc7c(ccc8ccccc87)c6)cc5)c5ccccc5-c5cccc(N(c6ccc(-c7cc8ccccc8c8c7oc7ccccc78)cc6)c6cc7ccccc7c7ccccc67)c5)ccc43)c2)cc1. The van der Waals surface area contributed by atoms with Gasteiger partial charge in [-0.15, -0.1) is 0 Å². The molecule has 0 amide bonds. The monoisotopic (exact) mass is 1160 g/mol. The summed E-state index contributed by atoms with van der Waals surface area (Å²) in [7, 11) is 0. The lowest BCUT2D eigenvalue weighted by molar-refractivity contribution is 0.670. The minimum absolute atomic E-state index is 0.888. The molecule has 18 aromatic rings. The van der Waals surface area contributed by atoms with Crippen LogP contribution < -0.4 is 9.80 Å². The zero-order valence-corrected chi connectivity index (χ0v) is 49.6. The lowest BCUT2D eigenvalue weighted by Gasteiger charge is -2.30. The van der Waals surface area contributed by atoms with E-state index in [9.17, 15) is 0 Å². The van der Waals surface area contributed by atoms with E-state index in [1.165, 1.54) is 92.1 Å². The molecule has 0 fully saturated rings. The summed E-state index contributed by atoms with van der Waals surface area (Å²) in [5.74, 6) is 0. The van der Waals surface area contributed by atoms with Crippen molar-refractivity contribution in [1.29, 1.82) is 0 Å². The fourth-order valence-electron chi connectivity index (χ4n) is 14.4. The third-order valence-corrected chi connectivity index (χ3v) is 18.7. The Bertz CT molecular complexity index is 5900. The third kappa shape index (κ3) is 8.89. The molecule has 18 rings (SSSR count). The quantitative estimate of drug-likeness (QED) is 0.127. The van der Waals surface area contributed by atoms with Crippen LogP contribution >= 0.6 is 0 Å². The fraction of sp³-hybridized carbons (Fsp3) is 0. The van der Waals surface area contributed by atoms with Gasteiger partial charge in [-0.1, -0.05) is 255 Å². The first-order valence-corrected chi connectivity index (χ1v) is 31.3. The number of anilines is 6. The van der Waals surface area contributed by atoms with Gasteiger partial charge in [0.15, 0.2) is 0 Å². The number of rotatable bonds is 10. The number of benzene rings is 17. The van der Waals surface area contributed by atoms with Crippen LogP contribution in [0.3, 0.4) is 0 Å². The van der Waals surface area contributed by atoms with Gasteiger partial charge in [-0.05, 0) is 188 Å². The highest BCUT2D eigenvalue weighted by atomic mass is 16.3. The van der Waals surface area contributed by atoms with E-state index in [4.69, 9.17) is 4.42 Å². The van der Waals surface area contributed by atoms with Crippen molar-refractivity contribution in [2.45, 2.75) is 0 Å². The zero-order valence-electron chi connectivity index (χ0n) is 49.6. The predicted molar refractivity (Wildman–Crippen MR) is 387 cm³/mol. The maximum Gasteiger partial charge on any atom is 0.143 e. The van der Waals surface area contributed by atoms with Crippen molar-refractivity contribution in [1.82, 2.24) is 0 Å². The van der Waals surface area contributed by atoms with E-state index in [1.807, 2.05) is 0 Å². The summed E-state index contributed by atoms with van der Waals surface area (Å²) < 4.78 is 6.77. The smallest absolute Gasteiger partial charge is 0.143 e. The van der Waals surface area contributed by atoms with Crippen molar-refractivity contribution < 1.29 is 4.42 Å². The summed E-state index contributed by atoms with van der Waals surface area (Å²) in [5.41, 5.74) is 17.3. The summed E-state index contributed by atoms with van der Waals surface area (Å²) in [4.78, 5) is 4.89. The fourth-order valence-corrected chi connectivity index (χ4v) is 14.4. The Morgan fingerprint density at radius 1 is 0.198 bits per heavy atom. The standard InChI is InChI=1S/C88H56N2O/c1-2-17-57(18-3-1)61-41-49-76-67(51-61)35-36-68-54-72(47-50-77(68)76)89(69-43-37-58(38-44-69)62-42-48-75-66(52-62)34-33-59-19-4-7-24-73(59)75)84-31-14-12-26-78(84)63-22-16-23-71(53-63)90(85-56-65-21-5-8-25-74(65)80-28-10-11-29-81(80)85)70-45-39-60(40-46-70)83-55-64-20-6-9-27-79(64)87-82-30-13-15-32-86(82)91-88(83)87/h1-56H. The lowest BCUT2D eigenvalue weighted by atomic mass is 9.95. The van der Waals surface area contributed by atoms with E-state index >= 15 is 0 Å². The molecular weight excluding hydrogens is 1100 g/mol. The minimum Gasteiger partial charge on any atom is -0.455 e. The minimum atomic E-state index is 0.888. The summed E-state index contributed by atoms with van der Waals surface area (Å²) >= 11 is 0. The van der Waals surface area contributed by atoms with Gasteiger partial charge in [0.05, 0.1) is 11.4 Å². The third-order valence-electron chi connectivity index (χ3n) is 18.7. The average molecular weight is 1160 g/mol. The number of nitrogens with zero attached hydrogens (tertiary/aromatic N) is 2. The summed E-state index contributed by atoms with van der Waals surface area (Å²) in [6, 6.07) is 125. The molecule has 1 aromatic heterocycles. The van der Waals surface area contributed by atoms with Gasteiger partial charge in [0.1, 0.15) is 11.2 Å². The summed E-state index contributed by atoms with van der Waals surface area (Å²) in [5, 5.41) is 19.3. The van der Waals surface area contributed by atoms with Gasteiger partial charge in [-0.25, -0.2) is 0 Å². The maximum absolute atomic E-state index is 6.77. The first-order chi connectivity index (χ1) is 45.1. The van der Waals surface area contributed by atoms with E-state index in [-0.39, 0.29) is 0 Å². The van der Waals surface area contributed by atoms with Crippen molar-refractivity contribution in [2.75, 3.05) is 9.80 Å². The maximum atomic E-state index is 6.77. The number of fused-ring (bicyclic) bond motifs is 14. The van der Waals surface area contributed by atoms with Crippen LogP contribution in [0.4, 0.5) is 34.1 Å². The Balaban J connectivity index is 0.787. The highest BCUT2D eigenvalue weighted by molar-refractivity contribution is 6.23. The van der Waals surface area contributed by atoms with Crippen LogP contribution in [0.1, 0.15) is 0 Å². The number of para-hydroxylation sites is 2. The molecule has 1 heterocycles. The first kappa shape index (κ1) is 52.1. The number of hydrogen-bond donors (Lipinski definition) is 0. The van der Waals surface area contributed by atoms with Gasteiger partial charge in [0.2, 0.25) is 0 Å². The van der Waals surface area contributed by atoms with Crippen molar-refractivity contribution in [3.63, 3.8) is 0 Å². The molecule has 0 aliphatic rings. The number of hydrogen-bond acceptors (Lipinski definition) is 3. The van der Waals surface area contributed by atoms with Crippen molar-refractivity contribution in [3.05, 3.63) is 340 Å². The Morgan fingerprint density at radius 3 is 1.36 bits per heavy atom. The van der Waals surface area contributed by atoms with E-state index in [0.29, 0.717) is 0 Å².